The topological polar surface area (TPSA) is 0 Å². The Kier molecular flexibility index (Phi) is 3.51. The second-order valence-electron chi connectivity index (χ2n) is 3.97. The summed E-state index contributed by atoms with van der Waals surface area (Å²) >= 11 is 9.83. The van der Waals surface area contributed by atoms with Gasteiger partial charge in [-0.05, 0) is 36.5 Å². The van der Waals surface area contributed by atoms with Crippen LogP contribution in [0.15, 0.2) is 22.7 Å². The van der Waals surface area contributed by atoms with Gasteiger partial charge in [-0.1, -0.05) is 52.9 Å². The van der Waals surface area contributed by atoms with E-state index in [1.807, 2.05) is 12.1 Å². The number of hydrogen-bond donors (Lipinski definition) is 0. The molecule has 0 radical (unpaired) electrons. The van der Waals surface area contributed by atoms with E-state index in [0.29, 0.717) is 5.92 Å². The van der Waals surface area contributed by atoms with E-state index in [2.05, 4.69) is 22.0 Å². The fourth-order valence-corrected chi connectivity index (χ4v) is 3.42. The van der Waals surface area contributed by atoms with Crippen LogP contribution < -0.4 is 0 Å². The van der Waals surface area contributed by atoms with E-state index >= 15 is 0 Å². The molecular formula is C12H14BrCl. The molecule has 14 heavy (non-hydrogen) atoms. The number of halogens is 2. The van der Waals surface area contributed by atoms with Gasteiger partial charge in [-0.15, -0.1) is 0 Å². The molecular weight excluding hydrogens is 259 g/mol. The third kappa shape index (κ3) is 2.14. The van der Waals surface area contributed by atoms with Crippen LogP contribution in [0.25, 0.3) is 0 Å². The van der Waals surface area contributed by atoms with E-state index < -0.39 is 0 Å². The lowest BCUT2D eigenvalue weighted by Crippen LogP contribution is -2.05. The molecule has 0 aromatic heterocycles. The highest BCUT2D eigenvalue weighted by Crippen LogP contribution is 2.39. The molecule has 1 saturated carbocycles. The first kappa shape index (κ1) is 10.5. The van der Waals surface area contributed by atoms with Crippen molar-refractivity contribution in [3.63, 3.8) is 0 Å². The maximum absolute atomic E-state index is 6.23. The normalized spacial score (nSPS) is 18.4. The Balaban J connectivity index is 2.29. The van der Waals surface area contributed by atoms with Gasteiger partial charge in [0, 0.05) is 9.50 Å². The van der Waals surface area contributed by atoms with Crippen LogP contribution in [0, 0.1) is 0 Å². The van der Waals surface area contributed by atoms with Crippen molar-refractivity contribution in [1.82, 2.24) is 0 Å². The van der Waals surface area contributed by atoms with Crippen molar-refractivity contribution in [2.45, 2.75) is 38.0 Å². The summed E-state index contributed by atoms with van der Waals surface area (Å²) in [6.45, 7) is 0. The van der Waals surface area contributed by atoms with Gasteiger partial charge >= 0.3 is 0 Å². The Morgan fingerprint density at radius 1 is 1.14 bits per heavy atom. The average molecular weight is 274 g/mol. The fraction of sp³-hybridized carbons (Fsp3) is 0.500. The first-order chi connectivity index (χ1) is 6.79. The Bertz CT molecular complexity index is 296. The summed E-state index contributed by atoms with van der Waals surface area (Å²) in [5, 5.41) is 0.922. The van der Waals surface area contributed by atoms with Crippen LogP contribution in [0.4, 0.5) is 0 Å². The minimum atomic E-state index is 0.673. The maximum atomic E-state index is 6.23. The molecule has 0 unspecified atom stereocenters. The highest BCUT2D eigenvalue weighted by Gasteiger charge is 2.19. The lowest BCUT2D eigenvalue weighted by molar-refractivity contribution is 0.442. The smallest absolute Gasteiger partial charge is 0.0452 e. The molecule has 2 heteroatoms. The Hall–Kier alpha value is -0.0100. The summed E-state index contributed by atoms with van der Waals surface area (Å²) in [6, 6.07) is 6.09. The van der Waals surface area contributed by atoms with Gasteiger partial charge in [-0.3, -0.25) is 0 Å². The van der Waals surface area contributed by atoms with Gasteiger partial charge in [-0.25, -0.2) is 0 Å². The molecule has 0 bridgehead atoms. The van der Waals surface area contributed by atoms with Gasteiger partial charge in [0.1, 0.15) is 0 Å². The van der Waals surface area contributed by atoms with Crippen molar-refractivity contribution in [2.24, 2.45) is 0 Å². The summed E-state index contributed by atoms with van der Waals surface area (Å²) in [5.74, 6) is 0.673. The molecule has 1 aliphatic carbocycles. The highest BCUT2D eigenvalue weighted by molar-refractivity contribution is 9.10. The molecule has 1 aromatic rings. The van der Waals surface area contributed by atoms with E-state index in [-0.39, 0.29) is 0 Å². The van der Waals surface area contributed by atoms with Crippen molar-refractivity contribution in [2.75, 3.05) is 0 Å². The second kappa shape index (κ2) is 4.67. The first-order valence-corrected chi connectivity index (χ1v) is 6.40. The first-order valence-electron chi connectivity index (χ1n) is 5.23. The lowest BCUT2D eigenvalue weighted by Gasteiger charge is -2.23. The van der Waals surface area contributed by atoms with Gasteiger partial charge in [0.2, 0.25) is 0 Å². The summed E-state index contributed by atoms with van der Waals surface area (Å²) in [5.41, 5.74) is 1.33. The molecule has 1 aromatic carbocycles. The molecule has 0 saturated heterocycles. The molecule has 0 N–H and O–H groups in total. The molecule has 0 heterocycles. The summed E-state index contributed by atoms with van der Waals surface area (Å²) < 4.78 is 1.18. The molecule has 0 spiro atoms. The van der Waals surface area contributed by atoms with Gasteiger partial charge in [0.15, 0.2) is 0 Å². The Morgan fingerprint density at radius 3 is 2.50 bits per heavy atom. The van der Waals surface area contributed by atoms with Crippen LogP contribution in [-0.4, -0.2) is 0 Å². The predicted molar refractivity (Wildman–Crippen MR) is 65.0 cm³/mol. The Labute approximate surface area is 98.8 Å². The van der Waals surface area contributed by atoms with Crippen molar-refractivity contribution in [1.29, 1.82) is 0 Å². The zero-order valence-corrected chi connectivity index (χ0v) is 10.4. The lowest BCUT2D eigenvalue weighted by atomic mass is 9.84. The third-order valence-corrected chi connectivity index (χ3v) is 4.03. The summed E-state index contributed by atoms with van der Waals surface area (Å²) in [7, 11) is 0. The summed E-state index contributed by atoms with van der Waals surface area (Å²) in [6.07, 6.45) is 6.67. The van der Waals surface area contributed by atoms with Crippen LogP contribution in [0.5, 0.6) is 0 Å². The maximum Gasteiger partial charge on any atom is 0.0452 e. The molecule has 76 valence electrons. The van der Waals surface area contributed by atoms with E-state index in [9.17, 15) is 0 Å². The van der Waals surface area contributed by atoms with Gasteiger partial charge in [0.05, 0.1) is 0 Å². The third-order valence-electron chi connectivity index (χ3n) is 3.01. The minimum absolute atomic E-state index is 0.673. The van der Waals surface area contributed by atoms with Crippen molar-refractivity contribution in [3.05, 3.63) is 33.3 Å². The number of hydrogen-bond acceptors (Lipinski definition) is 0. The summed E-state index contributed by atoms with van der Waals surface area (Å²) in [4.78, 5) is 0. The minimum Gasteiger partial charge on any atom is -0.0840 e. The molecule has 0 aliphatic heterocycles. The van der Waals surface area contributed by atoms with Crippen LogP contribution in [-0.2, 0) is 0 Å². The largest absolute Gasteiger partial charge is 0.0840 e. The SMILES string of the molecule is Clc1cccc(Br)c1C1CCCCC1. The molecule has 0 amide bonds. The highest BCUT2D eigenvalue weighted by atomic mass is 79.9. The van der Waals surface area contributed by atoms with Gasteiger partial charge in [-0.2, -0.15) is 0 Å². The molecule has 2 rings (SSSR count). The van der Waals surface area contributed by atoms with Crippen molar-refractivity contribution in [3.8, 4) is 0 Å². The standard InChI is InChI=1S/C12H14BrCl/c13-10-7-4-8-11(14)12(10)9-5-2-1-3-6-9/h4,7-9H,1-3,5-6H2. The zero-order chi connectivity index (χ0) is 9.97. The van der Waals surface area contributed by atoms with E-state index in [1.54, 1.807) is 0 Å². The van der Waals surface area contributed by atoms with Crippen LogP contribution in [0.2, 0.25) is 5.02 Å². The number of benzene rings is 1. The monoisotopic (exact) mass is 272 g/mol. The predicted octanol–water partition coefficient (Wildman–Crippen LogP) is 5.15. The van der Waals surface area contributed by atoms with Crippen LogP contribution >= 0.6 is 27.5 Å². The quantitative estimate of drug-likeness (QED) is 0.664. The van der Waals surface area contributed by atoms with Crippen molar-refractivity contribution < 1.29 is 0 Å². The van der Waals surface area contributed by atoms with Crippen LogP contribution in [0.1, 0.15) is 43.6 Å². The van der Waals surface area contributed by atoms with E-state index in [0.717, 1.165) is 5.02 Å². The fourth-order valence-electron chi connectivity index (χ4n) is 2.29. The van der Waals surface area contributed by atoms with Gasteiger partial charge in [0.25, 0.3) is 0 Å². The molecule has 0 atom stereocenters. The second-order valence-corrected chi connectivity index (χ2v) is 5.23. The Morgan fingerprint density at radius 2 is 1.86 bits per heavy atom. The average Bonchev–Trinajstić information content (AvgIpc) is 2.19. The van der Waals surface area contributed by atoms with Gasteiger partial charge < -0.3 is 0 Å². The van der Waals surface area contributed by atoms with Crippen LogP contribution in [0.3, 0.4) is 0 Å². The van der Waals surface area contributed by atoms with Crippen molar-refractivity contribution >= 4 is 27.5 Å². The molecule has 1 aliphatic rings. The zero-order valence-electron chi connectivity index (χ0n) is 8.10. The molecule has 0 nitrogen and oxygen atoms in total. The van der Waals surface area contributed by atoms with E-state index in [4.69, 9.17) is 11.6 Å². The van der Waals surface area contributed by atoms with E-state index in [1.165, 1.54) is 42.1 Å². The number of rotatable bonds is 1. The molecule has 1 fully saturated rings.